The van der Waals surface area contributed by atoms with Crippen molar-refractivity contribution in [3.05, 3.63) is 64.2 Å². The molecular weight excluding hydrogens is 352 g/mol. The first-order chi connectivity index (χ1) is 12.6. The first kappa shape index (κ1) is 16.7. The summed E-state index contributed by atoms with van der Waals surface area (Å²) in [5.41, 5.74) is 2.49. The van der Waals surface area contributed by atoms with Gasteiger partial charge in [0.2, 0.25) is 0 Å². The Morgan fingerprint density at radius 3 is 2.54 bits per heavy atom. The Bertz CT molecular complexity index is 902. The highest BCUT2D eigenvalue weighted by Crippen LogP contribution is 2.29. The summed E-state index contributed by atoms with van der Waals surface area (Å²) < 4.78 is 5.60. The predicted octanol–water partition coefficient (Wildman–Crippen LogP) is 3.65. The molecule has 2 aliphatic rings. The van der Waals surface area contributed by atoms with Crippen LogP contribution in [0.1, 0.15) is 28.8 Å². The third kappa shape index (κ3) is 3.73. The molecule has 1 saturated carbocycles. The van der Waals surface area contributed by atoms with E-state index >= 15 is 0 Å². The van der Waals surface area contributed by atoms with Crippen molar-refractivity contribution in [1.29, 1.82) is 0 Å². The van der Waals surface area contributed by atoms with Crippen LogP contribution in [0.5, 0.6) is 5.75 Å². The molecule has 2 aromatic carbocycles. The van der Waals surface area contributed by atoms with E-state index in [1.807, 2.05) is 0 Å². The Labute approximate surface area is 156 Å². The number of carbonyl (C=O) groups is 2. The second kappa shape index (κ2) is 6.84. The molecule has 6 heteroatoms. The van der Waals surface area contributed by atoms with Gasteiger partial charge in [0.25, 0.3) is 11.8 Å². The Morgan fingerprint density at radius 1 is 1.04 bits per heavy atom. The third-order valence-corrected chi connectivity index (χ3v) is 4.53. The molecule has 132 valence electrons. The molecule has 0 aromatic heterocycles. The van der Waals surface area contributed by atoms with Gasteiger partial charge in [-0.15, -0.1) is 0 Å². The van der Waals surface area contributed by atoms with Gasteiger partial charge in [0.1, 0.15) is 12.4 Å². The quantitative estimate of drug-likeness (QED) is 0.865. The predicted molar refractivity (Wildman–Crippen MR) is 100 cm³/mol. The maximum atomic E-state index is 12.5. The van der Waals surface area contributed by atoms with Crippen molar-refractivity contribution in [2.45, 2.75) is 18.9 Å². The molecule has 0 unspecified atom stereocenters. The summed E-state index contributed by atoms with van der Waals surface area (Å²) in [7, 11) is 0. The van der Waals surface area contributed by atoms with Crippen molar-refractivity contribution in [2.24, 2.45) is 0 Å². The van der Waals surface area contributed by atoms with Gasteiger partial charge in [-0.25, -0.2) is 0 Å². The molecule has 1 fully saturated rings. The fourth-order valence-corrected chi connectivity index (χ4v) is 2.87. The summed E-state index contributed by atoms with van der Waals surface area (Å²) in [5.74, 6) is 0.380. The largest absolute Gasteiger partial charge is 0.488 e. The lowest BCUT2D eigenvalue weighted by atomic mass is 10.1. The second-order valence-corrected chi connectivity index (χ2v) is 6.86. The molecule has 0 bridgehead atoms. The van der Waals surface area contributed by atoms with Gasteiger partial charge in [-0.1, -0.05) is 11.6 Å². The molecule has 2 amide bonds. The molecule has 2 aromatic rings. The number of fused-ring (bicyclic) bond motifs is 1. The lowest BCUT2D eigenvalue weighted by molar-refractivity contribution is -0.113. The van der Waals surface area contributed by atoms with E-state index in [1.165, 1.54) is 0 Å². The Kier molecular flexibility index (Phi) is 4.39. The van der Waals surface area contributed by atoms with Crippen molar-refractivity contribution in [3.63, 3.8) is 0 Å². The Morgan fingerprint density at radius 2 is 1.81 bits per heavy atom. The fraction of sp³-hybridized carbons (Fsp3) is 0.200. The number of rotatable bonds is 4. The van der Waals surface area contributed by atoms with Crippen molar-refractivity contribution < 1.29 is 14.3 Å². The molecular formula is C20H17ClN2O3. The molecule has 0 atom stereocenters. The zero-order valence-corrected chi connectivity index (χ0v) is 14.7. The van der Waals surface area contributed by atoms with Crippen LogP contribution in [0.4, 0.5) is 5.69 Å². The fourth-order valence-electron chi connectivity index (χ4n) is 2.69. The van der Waals surface area contributed by atoms with Crippen LogP contribution in [-0.4, -0.2) is 24.5 Å². The van der Waals surface area contributed by atoms with Crippen LogP contribution in [0.15, 0.2) is 48.0 Å². The van der Waals surface area contributed by atoms with Crippen LogP contribution in [-0.2, 0) is 4.79 Å². The first-order valence-electron chi connectivity index (χ1n) is 8.44. The van der Waals surface area contributed by atoms with Crippen LogP contribution >= 0.6 is 11.6 Å². The second-order valence-electron chi connectivity index (χ2n) is 6.42. The molecule has 0 spiro atoms. The summed E-state index contributed by atoms with van der Waals surface area (Å²) in [6.45, 7) is 0.197. The monoisotopic (exact) mass is 368 g/mol. The number of hydrogen-bond acceptors (Lipinski definition) is 3. The number of carbonyl (C=O) groups excluding carboxylic acids is 2. The van der Waals surface area contributed by atoms with Gasteiger partial charge in [0.15, 0.2) is 0 Å². The molecule has 4 rings (SSSR count). The highest BCUT2D eigenvalue weighted by Gasteiger charge is 2.23. The summed E-state index contributed by atoms with van der Waals surface area (Å²) in [4.78, 5) is 24.4. The molecule has 1 aliphatic heterocycles. The van der Waals surface area contributed by atoms with Crippen LogP contribution in [0.2, 0.25) is 5.02 Å². The molecule has 0 radical (unpaired) electrons. The minimum Gasteiger partial charge on any atom is -0.488 e. The van der Waals surface area contributed by atoms with Gasteiger partial charge in [-0.05, 0) is 61.4 Å². The Balaban J connectivity index is 1.44. The molecule has 1 heterocycles. The normalized spacial score (nSPS) is 15.3. The van der Waals surface area contributed by atoms with E-state index < -0.39 is 0 Å². The van der Waals surface area contributed by atoms with E-state index in [4.69, 9.17) is 16.3 Å². The van der Waals surface area contributed by atoms with Crippen molar-refractivity contribution >= 4 is 35.2 Å². The van der Waals surface area contributed by atoms with Crippen molar-refractivity contribution in [3.8, 4) is 5.75 Å². The molecule has 5 nitrogen and oxygen atoms in total. The average Bonchev–Trinajstić information content (AvgIpc) is 3.45. The summed E-state index contributed by atoms with van der Waals surface area (Å²) >= 11 is 5.99. The average molecular weight is 369 g/mol. The first-order valence-corrected chi connectivity index (χ1v) is 8.81. The zero-order chi connectivity index (χ0) is 18.1. The van der Waals surface area contributed by atoms with Gasteiger partial charge in [0, 0.05) is 27.9 Å². The highest BCUT2D eigenvalue weighted by molar-refractivity contribution is 6.30. The van der Waals surface area contributed by atoms with Crippen LogP contribution in [0.3, 0.4) is 0 Å². The van der Waals surface area contributed by atoms with E-state index in [-0.39, 0.29) is 18.4 Å². The number of anilines is 1. The SMILES string of the molecule is O=C(Nc1ccc(C(=O)NC2CC2)cc1)C1=Cc2cc(Cl)ccc2OC1. The summed E-state index contributed by atoms with van der Waals surface area (Å²) in [5, 5.41) is 6.35. The number of halogens is 1. The van der Waals surface area contributed by atoms with Gasteiger partial charge in [-0.3, -0.25) is 9.59 Å². The lowest BCUT2D eigenvalue weighted by Gasteiger charge is -2.18. The minimum absolute atomic E-state index is 0.0812. The Hall–Kier alpha value is -2.79. The highest BCUT2D eigenvalue weighted by atomic mass is 35.5. The van der Waals surface area contributed by atoms with E-state index in [0.717, 1.165) is 18.4 Å². The van der Waals surface area contributed by atoms with E-state index in [0.29, 0.717) is 33.6 Å². The van der Waals surface area contributed by atoms with Crippen LogP contribution < -0.4 is 15.4 Å². The number of nitrogens with one attached hydrogen (secondary N) is 2. The third-order valence-electron chi connectivity index (χ3n) is 4.29. The minimum atomic E-state index is -0.245. The molecule has 1 aliphatic carbocycles. The van der Waals surface area contributed by atoms with Gasteiger partial charge in [0.05, 0.1) is 5.57 Å². The van der Waals surface area contributed by atoms with E-state index in [1.54, 1.807) is 48.5 Å². The number of benzene rings is 2. The smallest absolute Gasteiger partial charge is 0.255 e. The molecule has 0 saturated heterocycles. The summed E-state index contributed by atoms with van der Waals surface area (Å²) in [6, 6.07) is 12.5. The van der Waals surface area contributed by atoms with Crippen molar-refractivity contribution in [1.82, 2.24) is 5.32 Å². The lowest BCUT2D eigenvalue weighted by Crippen LogP contribution is -2.25. The van der Waals surface area contributed by atoms with Gasteiger partial charge >= 0.3 is 0 Å². The number of amides is 2. The van der Waals surface area contributed by atoms with Crippen molar-refractivity contribution in [2.75, 3.05) is 11.9 Å². The van der Waals surface area contributed by atoms with Crippen LogP contribution in [0, 0.1) is 0 Å². The van der Waals surface area contributed by atoms with Crippen LogP contribution in [0.25, 0.3) is 6.08 Å². The maximum absolute atomic E-state index is 12.5. The number of hydrogen-bond donors (Lipinski definition) is 2. The van der Waals surface area contributed by atoms with Gasteiger partial charge < -0.3 is 15.4 Å². The molecule has 2 N–H and O–H groups in total. The van der Waals surface area contributed by atoms with E-state index in [9.17, 15) is 9.59 Å². The maximum Gasteiger partial charge on any atom is 0.255 e. The standard InChI is InChI=1S/C20H17ClN2O3/c21-15-3-8-18-13(10-15)9-14(11-26-18)20(25)23-16-4-1-12(2-5-16)19(24)22-17-6-7-17/h1-5,8-10,17H,6-7,11H2,(H,22,24)(H,23,25). The number of ether oxygens (including phenoxy) is 1. The molecule has 26 heavy (non-hydrogen) atoms. The van der Waals surface area contributed by atoms with E-state index in [2.05, 4.69) is 10.6 Å². The zero-order valence-electron chi connectivity index (χ0n) is 13.9. The summed E-state index contributed by atoms with van der Waals surface area (Å²) in [6.07, 6.45) is 3.87. The topological polar surface area (TPSA) is 67.4 Å². The van der Waals surface area contributed by atoms with Gasteiger partial charge in [-0.2, -0.15) is 0 Å².